The number of hydrogen-bond acceptors (Lipinski definition) is 4. The van der Waals surface area contributed by atoms with Gasteiger partial charge in [-0.1, -0.05) is 30.3 Å². The summed E-state index contributed by atoms with van der Waals surface area (Å²) in [6.07, 6.45) is -0.503. The van der Waals surface area contributed by atoms with E-state index in [1.807, 2.05) is 30.3 Å². The van der Waals surface area contributed by atoms with Crippen molar-refractivity contribution in [3.63, 3.8) is 0 Å². The SMILES string of the molecule is O=C(N[C@H](Cc1ccccc1)C(=O)O)[C@@H]1COCCO1. The van der Waals surface area contributed by atoms with E-state index in [0.717, 1.165) is 5.56 Å². The van der Waals surface area contributed by atoms with Crippen LogP contribution in [-0.2, 0) is 25.5 Å². The van der Waals surface area contributed by atoms with Crippen molar-refractivity contribution in [1.82, 2.24) is 5.32 Å². The van der Waals surface area contributed by atoms with Crippen molar-refractivity contribution in [2.75, 3.05) is 19.8 Å². The lowest BCUT2D eigenvalue weighted by Crippen LogP contribution is -2.50. The smallest absolute Gasteiger partial charge is 0.326 e. The highest BCUT2D eigenvalue weighted by Gasteiger charge is 2.27. The highest BCUT2D eigenvalue weighted by Crippen LogP contribution is 2.06. The molecular weight excluding hydrogens is 262 g/mol. The second-order valence-electron chi connectivity index (χ2n) is 4.52. The minimum Gasteiger partial charge on any atom is -0.480 e. The summed E-state index contributed by atoms with van der Waals surface area (Å²) in [5, 5.41) is 11.7. The fourth-order valence-corrected chi connectivity index (χ4v) is 1.95. The van der Waals surface area contributed by atoms with Gasteiger partial charge in [0, 0.05) is 6.42 Å². The van der Waals surface area contributed by atoms with Crippen LogP contribution in [0, 0.1) is 0 Å². The normalized spacial score (nSPS) is 20.1. The van der Waals surface area contributed by atoms with Crippen molar-refractivity contribution in [1.29, 1.82) is 0 Å². The van der Waals surface area contributed by atoms with Crippen LogP contribution in [0.15, 0.2) is 30.3 Å². The van der Waals surface area contributed by atoms with Gasteiger partial charge in [-0.2, -0.15) is 0 Å². The zero-order chi connectivity index (χ0) is 14.4. The standard InChI is InChI=1S/C14H17NO5/c16-13(12-9-19-6-7-20-12)15-11(14(17)18)8-10-4-2-1-3-5-10/h1-5,11-12H,6-9H2,(H,15,16)(H,17,18)/t11-,12+/m1/s1. The van der Waals surface area contributed by atoms with Gasteiger partial charge >= 0.3 is 5.97 Å². The van der Waals surface area contributed by atoms with Crippen LogP contribution in [0.5, 0.6) is 0 Å². The predicted octanol–water partition coefficient (Wildman–Crippen LogP) is 0.214. The Labute approximate surface area is 116 Å². The van der Waals surface area contributed by atoms with Gasteiger partial charge in [0.1, 0.15) is 6.04 Å². The zero-order valence-corrected chi connectivity index (χ0v) is 11.0. The Balaban J connectivity index is 1.95. The lowest BCUT2D eigenvalue weighted by Gasteiger charge is -2.24. The molecule has 0 aliphatic carbocycles. The van der Waals surface area contributed by atoms with Gasteiger partial charge in [-0.25, -0.2) is 4.79 Å². The Morgan fingerprint density at radius 3 is 2.65 bits per heavy atom. The monoisotopic (exact) mass is 279 g/mol. The summed E-state index contributed by atoms with van der Waals surface area (Å²) in [6.45, 7) is 0.953. The molecule has 0 spiro atoms. The number of nitrogens with one attached hydrogen (secondary N) is 1. The maximum absolute atomic E-state index is 11.9. The van der Waals surface area contributed by atoms with E-state index < -0.39 is 24.0 Å². The van der Waals surface area contributed by atoms with E-state index in [2.05, 4.69) is 5.32 Å². The molecule has 20 heavy (non-hydrogen) atoms. The van der Waals surface area contributed by atoms with Gasteiger partial charge in [0.2, 0.25) is 0 Å². The number of aliphatic carboxylic acids is 1. The second kappa shape index (κ2) is 7.02. The summed E-state index contributed by atoms with van der Waals surface area (Å²) < 4.78 is 10.4. The van der Waals surface area contributed by atoms with Crippen LogP contribution in [0.3, 0.4) is 0 Å². The van der Waals surface area contributed by atoms with Gasteiger partial charge < -0.3 is 19.9 Å². The van der Waals surface area contributed by atoms with Crippen LogP contribution in [-0.4, -0.2) is 48.9 Å². The summed E-state index contributed by atoms with van der Waals surface area (Å²) in [6, 6.07) is 8.17. The van der Waals surface area contributed by atoms with Crippen LogP contribution in [0.1, 0.15) is 5.56 Å². The van der Waals surface area contributed by atoms with Crippen LogP contribution in [0.2, 0.25) is 0 Å². The van der Waals surface area contributed by atoms with Crippen molar-refractivity contribution >= 4 is 11.9 Å². The van der Waals surface area contributed by atoms with E-state index in [1.165, 1.54) is 0 Å². The minimum absolute atomic E-state index is 0.156. The van der Waals surface area contributed by atoms with Crippen LogP contribution < -0.4 is 5.32 Å². The highest BCUT2D eigenvalue weighted by atomic mass is 16.6. The zero-order valence-electron chi connectivity index (χ0n) is 11.0. The van der Waals surface area contributed by atoms with Crippen molar-refractivity contribution in [3.8, 4) is 0 Å². The lowest BCUT2D eigenvalue weighted by atomic mass is 10.1. The van der Waals surface area contributed by atoms with E-state index in [1.54, 1.807) is 0 Å². The van der Waals surface area contributed by atoms with Gasteiger partial charge in [0.25, 0.3) is 5.91 Å². The molecule has 1 fully saturated rings. The van der Waals surface area contributed by atoms with Crippen molar-refractivity contribution in [3.05, 3.63) is 35.9 Å². The summed E-state index contributed by atoms with van der Waals surface area (Å²) in [5.74, 6) is -1.52. The molecule has 2 rings (SSSR count). The molecule has 2 N–H and O–H groups in total. The summed E-state index contributed by atoms with van der Waals surface area (Å²) in [5.41, 5.74) is 0.848. The van der Waals surface area contributed by atoms with Gasteiger partial charge in [0.05, 0.1) is 19.8 Å². The van der Waals surface area contributed by atoms with Gasteiger partial charge in [-0.3, -0.25) is 4.79 Å². The lowest BCUT2D eigenvalue weighted by molar-refractivity contribution is -0.152. The molecule has 0 aromatic heterocycles. The summed E-state index contributed by atoms with van der Waals surface area (Å²) in [7, 11) is 0. The van der Waals surface area contributed by atoms with E-state index >= 15 is 0 Å². The molecule has 6 nitrogen and oxygen atoms in total. The molecule has 0 saturated carbocycles. The first kappa shape index (κ1) is 14.5. The van der Waals surface area contributed by atoms with E-state index in [0.29, 0.717) is 13.2 Å². The molecule has 6 heteroatoms. The molecule has 1 aromatic rings. The Bertz CT molecular complexity index is 456. The number of hydrogen-bond donors (Lipinski definition) is 2. The number of rotatable bonds is 5. The number of benzene rings is 1. The maximum Gasteiger partial charge on any atom is 0.326 e. The first-order valence-corrected chi connectivity index (χ1v) is 6.43. The second-order valence-corrected chi connectivity index (χ2v) is 4.52. The number of carbonyl (C=O) groups excluding carboxylic acids is 1. The average molecular weight is 279 g/mol. The molecule has 1 heterocycles. The fraction of sp³-hybridized carbons (Fsp3) is 0.429. The average Bonchev–Trinajstić information content (AvgIpc) is 2.48. The Hall–Kier alpha value is -1.92. The summed E-state index contributed by atoms with van der Waals surface area (Å²) in [4.78, 5) is 23.2. The largest absolute Gasteiger partial charge is 0.480 e. The molecule has 108 valence electrons. The number of carboxylic acid groups (broad SMARTS) is 1. The molecule has 1 aliphatic heterocycles. The summed E-state index contributed by atoms with van der Waals surface area (Å²) >= 11 is 0. The third kappa shape index (κ3) is 4.04. The highest BCUT2D eigenvalue weighted by molar-refractivity contribution is 5.86. The van der Waals surface area contributed by atoms with E-state index in [-0.39, 0.29) is 13.0 Å². The van der Waals surface area contributed by atoms with Crippen molar-refractivity contribution < 1.29 is 24.2 Å². The molecule has 1 aliphatic rings. The van der Waals surface area contributed by atoms with Crippen molar-refractivity contribution in [2.45, 2.75) is 18.6 Å². The fourth-order valence-electron chi connectivity index (χ4n) is 1.95. The third-order valence-corrected chi connectivity index (χ3v) is 3.01. The Kier molecular flexibility index (Phi) is 5.09. The van der Waals surface area contributed by atoms with Crippen LogP contribution >= 0.6 is 0 Å². The molecule has 1 aromatic carbocycles. The number of carboxylic acids is 1. The van der Waals surface area contributed by atoms with Gasteiger partial charge in [-0.15, -0.1) is 0 Å². The predicted molar refractivity (Wildman–Crippen MR) is 70.3 cm³/mol. The van der Waals surface area contributed by atoms with Crippen LogP contribution in [0.4, 0.5) is 0 Å². The molecule has 0 radical (unpaired) electrons. The number of amides is 1. The third-order valence-electron chi connectivity index (χ3n) is 3.01. The van der Waals surface area contributed by atoms with Crippen molar-refractivity contribution in [2.24, 2.45) is 0 Å². The quantitative estimate of drug-likeness (QED) is 0.805. The van der Waals surface area contributed by atoms with E-state index in [9.17, 15) is 14.7 Å². The van der Waals surface area contributed by atoms with Gasteiger partial charge in [0.15, 0.2) is 6.10 Å². The molecular formula is C14H17NO5. The molecule has 2 atom stereocenters. The first-order chi connectivity index (χ1) is 9.66. The van der Waals surface area contributed by atoms with Gasteiger partial charge in [-0.05, 0) is 5.56 Å². The number of ether oxygens (including phenoxy) is 2. The molecule has 1 amide bonds. The first-order valence-electron chi connectivity index (χ1n) is 6.43. The topological polar surface area (TPSA) is 84.9 Å². The number of carbonyl (C=O) groups is 2. The molecule has 1 saturated heterocycles. The maximum atomic E-state index is 11.9. The molecule has 0 unspecified atom stereocenters. The molecule has 0 bridgehead atoms. The minimum atomic E-state index is -1.07. The Morgan fingerprint density at radius 1 is 1.30 bits per heavy atom. The van der Waals surface area contributed by atoms with E-state index in [4.69, 9.17) is 9.47 Å². The Morgan fingerprint density at radius 2 is 2.05 bits per heavy atom. The van der Waals surface area contributed by atoms with Crippen LogP contribution in [0.25, 0.3) is 0 Å².